The predicted molar refractivity (Wildman–Crippen MR) is 129 cm³/mol. The molecule has 1 fully saturated rings. The molecule has 0 aliphatic heterocycles. The van der Waals surface area contributed by atoms with Crippen molar-refractivity contribution in [2.24, 2.45) is 0 Å². The molecule has 0 unspecified atom stereocenters. The summed E-state index contributed by atoms with van der Waals surface area (Å²) in [6, 6.07) is 20.8. The highest BCUT2D eigenvalue weighted by atomic mass is 79.9. The molecule has 0 bridgehead atoms. The smallest absolute Gasteiger partial charge is 0.115 e. The number of hydrogen-bond donors (Lipinski definition) is 0. The molecule has 1 aliphatic carbocycles. The van der Waals surface area contributed by atoms with Crippen LogP contribution in [0.1, 0.15) is 0 Å². The lowest BCUT2D eigenvalue weighted by Crippen LogP contribution is -2.52. The van der Waals surface area contributed by atoms with Gasteiger partial charge in [0.05, 0.1) is 32.3 Å². The van der Waals surface area contributed by atoms with E-state index in [4.69, 9.17) is 69.6 Å². The van der Waals surface area contributed by atoms with Crippen molar-refractivity contribution >= 4 is 102 Å². The number of alkyl halides is 6. The molecular weight excluding hydrogens is 605 g/mol. The molecule has 150 valence electrons. The monoisotopic (exact) mass is 616 g/mol. The minimum absolute atomic E-state index is 0.437. The van der Waals surface area contributed by atoms with Crippen molar-refractivity contribution in [1.82, 2.24) is 0 Å². The SMILES string of the molecule is BrOBr.ClC1C(Cl)C(Cl)C(Cl)C(Cl)C1Cl.c1ccc(-c2ccccc2)cc1. The maximum Gasteiger partial charge on any atom is 0.115 e. The van der Waals surface area contributed by atoms with E-state index in [9.17, 15) is 0 Å². The molecule has 9 heteroatoms. The Kier molecular flexibility index (Phi) is 13.7. The fourth-order valence-corrected chi connectivity index (χ4v) is 4.64. The Labute approximate surface area is 207 Å². The molecular formula is C18H16Br2Cl6O. The first-order valence-electron chi connectivity index (χ1n) is 7.69. The van der Waals surface area contributed by atoms with Crippen molar-refractivity contribution in [1.29, 1.82) is 0 Å². The zero-order valence-corrected chi connectivity index (χ0v) is 21.4. The Bertz CT molecular complexity index is 540. The molecule has 1 aliphatic rings. The second kappa shape index (κ2) is 14.2. The van der Waals surface area contributed by atoms with E-state index in [1.165, 1.54) is 11.1 Å². The first kappa shape index (κ1) is 26.1. The standard InChI is InChI=1S/C12H10.C6H6Cl6.Br2O/c1-3-7-11(8-4-1)12-9-5-2-6-10-12;7-1-2(8)4(10)6(12)5(11)3(1)9;1-3-2/h1-10H;1-6H;. The lowest BCUT2D eigenvalue weighted by molar-refractivity contribution is 0.544. The number of rotatable bonds is 1. The molecule has 0 aromatic heterocycles. The Morgan fingerprint density at radius 1 is 0.481 bits per heavy atom. The molecule has 1 saturated carbocycles. The summed E-state index contributed by atoms with van der Waals surface area (Å²) < 4.78 is 3.88. The second-order valence-electron chi connectivity index (χ2n) is 5.46. The van der Waals surface area contributed by atoms with Gasteiger partial charge in [-0.3, -0.25) is 0 Å². The van der Waals surface area contributed by atoms with Gasteiger partial charge in [0.25, 0.3) is 0 Å². The summed E-state index contributed by atoms with van der Waals surface area (Å²) in [5, 5.41) is -2.62. The van der Waals surface area contributed by atoms with E-state index in [1.54, 1.807) is 0 Å². The van der Waals surface area contributed by atoms with Crippen molar-refractivity contribution in [2.45, 2.75) is 32.3 Å². The summed E-state index contributed by atoms with van der Waals surface area (Å²) in [4.78, 5) is 0. The summed E-state index contributed by atoms with van der Waals surface area (Å²) in [6.45, 7) is 0. The van der Waals surface area contributed by atoms with Gasteiger partial charge in [-0.25, -0.2) is 2.92 Å². The normalized spacial score (nSPS) is 29.6. The van der Waals surface area contributed by atoms with Gasteiger partial charge in [-0.2, -0.15) is 0 Å². The summed E-state index contributed by atoms with van der Waals surface area (Å²) >= 11 is 40.4. The Hall–Kier alpha value is 1.10. The average Bonchev–Trinajstić information content (AvgIpc) is 2.72. The van der Waals surface area contributed by atoms with E-state index in [-0.39, 0.29) is 0 Å². The Morgan fingerprint density at radius 3 is 0.852 bits per heavy atom. The predicted octanol–water partition coefficient (Wildman–Crippen LogP) is 8.62. The van der Waals surface area contributed by atoms with Gasteiger partial charge in [0.2, 0.25) is 0 Å². The van der Waals surface area contributed by atoms with Gasteiger partial charge in [0.15, 0.2) is 0 Å². The summed E-state index contributed by atoms with van der Waals surface area (Å²) in [5.41, 5.74) is 2.55. The lowest BCUT2D eigenvalue weighted by Gasteiger charge is -2.37. The minimum Gasteiger partial charge on any atom is -0.230 e. The van der Waals surface area contributed by atoms with Crippen LogP contribution in [-0.2, 0) is 2.92 Å². The molecule has 0 saturated heterocycles. The van der Waals surface area contributed by atoms with Gasteiger partial charge in [-0.15, -0.1) is 69.6 Å². The van der Waals surface area contributed by atoms with Crippen molar-refractivity contribution in [2.75, 3.05) is 0 Å². The van der Waals surface area contributed by atoms with Gasteiger partial charge in [0.1, 0.15) is 32.5 Å². The summed E-state index contributed by atoms with van der Waals surface area (Å²) in [5.74, 6) is 0. The average molecular weight is 621 g/mol. The quantitative estimate of drug-likeness (QED) is 0.290. The molecule has 0 N–H and O–H groups in total. The van der Waals surface area contributed by atoms with E-state index >= 15 is 0 Å². The van der Waals surface area contributed by atoms with Crippen LogP contribution in [0, 0.1) is 0 Å². The van der Waals surface area contributed by atoms with Crippen LogP contribution in [0.5, 0.6) is 0 Å². The zero-order chi connectivity index (χ0) is 20.4. The maximum absolute atomic E-state index is 5.88. The first-order valence-corrected chi connectivity index (χ1v) is 11.6. The molecule has 27 heavy (non-hydrogen) atoms. The van der Waals surface area contributed by atoms with Gasteiger partial charge >= 0.3 is 0 Å². The van der Waals surface area contributed by atoms with Crippen LogP contribution in [0.25, 0.3) is 11.1 Å². The van der Waals surface area contributed by atoms with E-state index in [0.717, 1.165) is 0 Å². The molecule has 0 spiro atoms. The van der Waals surface area contributed by atoms with Crippen molar-refractivity contribution < 1.29 is 2.92 Å². The molecule has 2 aromatic rings. The molecule has 0 heterocycles. The third kappa shape index (κ3) is 8.39. The third-order valence-corrected chi connectivity index (χ3v) is 7.74. The Balaban J connectivity index is 0.000000236. The molecule has 0 atom stereocenters. The second-order valence-corrected chi connectivity index (χ2v) is 10.00. The van der Waals surface area contributed by atoms with Crippen LogP contribution >= 0.6 is 102 Å². The molecule has 3 rings (SSSR count). The number of halogens is 8. The summed E-state index contributed by atoms with van der Waals surface area (Å²) in [6.07, 6.45) is 0. The highest BCUT2D eigenvalue weighted by Gasteiger charge is 2.46. The molecule has 1 nitrogen and oxygen atoms in total. The third-order valence-electron chi connectivity index (χ3n) is 3.71. The highest BCUT2D eigenvalue weighted by molar-refractivity contribution is 9.18. The largest absolute Gasteiger partial charge is 0.230 e. The minimum atomic E-state index is -0.437. The topological polar surface area (TPSA) is 9.23 Å². The lowest BCUT2D eigenvalue weighted by atomic mass is 9.97. The first-order chi connectivity index (χ1) is 12.8. The van der Waals surface area contributed by atoms with Crippen LogP contribution in [0.2, 0.25) is 0 Å². The van der Waals surface area contributed by atoms with Crippen LogP contribution in [0.3, 0.4) is 0 Å². The van der Waals surface area contributed by atoms with Crippen molar-refractivity contribution in [3.05, 3.63) is 60.7 Å². The van der Waals surface area contributed by atoms with Crippen molar-refractivity contribution in [3.8, 4) is 11.1 Å². The van der Waals surface area contributed by atoms with Gasteiger partial charge < -0.3 is 0 Å². The zero-order valence-electron chi connectivity index (χ0n) is 13.7. The van der Waals surface area contributed by atoms with Crippen LogP contribution in [0.15, 0.2) is 60.7 Å². The summed E-state index contributed by atoms with van der Waals surface area (Å²) in [7, 11) is 0. The highest BCUT2D eigenvalue weighted by Crippen LogP contribution is 2.39. The van der Waals surface area contributed by atoms with Gasteiger partial charge in [-0.1, -0.05) is 60.7 Å². The van der Waals surface area contributed by atoms with Crippen LogP contribution < -0.4 is 0 Å². The van der Waals surface area contributed by atoms with E-state index in [2.05, 4.69) is 84.0 Å². The van der Waals surface area contributed by atoms with Gasteiger partial charge in [0, 0.05) is 0 Å². The van der Waals surface area contributed by atoms with E-state index < -0.39 is 32.3 Å². The maximum atomic E-state index is 5.88. The number of benzene rings is 2. The van der Waals surface area contributed by atoms with E-state index in [1.807, 2.05) is 12.1 Å². The molecule has 0 amide bonds. The van der Waals surface area contributed by atoms with Gasteiger partial charge in [-0.05, 0) is 11.1 Å². The Morgan fingerprint density at radius 2 is 0.667 bits per heavy atom. The van der Waals surface area contributed by atoms with E-state index in [0.29, 0.717) is 0 Å². The van der Waals surface area contributed by atoms with Crippen LogP contribution in [0.4, 0.5) is 0 Å². The number of hydrogen-bond acceptors (Lipinski definition) is 1. The molecule has 0 radical (unpaired) electrons. The van der Waals surface area contributed by atoms with Crippen LogP contribution in [-0.4, -0.2) is 32.3 Å². The fraction of sp³-hybridized carbons (Fsp3) is 0.333. The van der Waals surface area contributed by atoms with Crippen molar-refractivity contribution in [3.63, 3.8) is 0 Å². The molecule has 2 aromatic carbocycles. The fourth-order valence-electron chi connectivity index (χ4n) is 2.32.